The number of anilines is 1. The van der Waals surface area contributed by atoms with Crippen molar-refractivity contribution in [3.63, 3.8) is 0 Å². The van der Waals surface area contributed by atoms with Crippen molar-refractivity contribution in [3.05, 3.63) is 53.3 Å². The molecule has 0 atom stereocenters. The van der Waals surface area contributed by atoms with Crippen molar-refractivity contribution in [1.29, 1.82) is 0 Å². The quantitative estimate of drug-likeness (QED) is 0.804. The lowest BCUT2D eigenvalue weighted by atomic mass is 10.1. The lowest BCUT2D eigenvalue weighted by Crippen LogP contribution is -2.15. The van der Waals surface area contributed by atoms with Crippen LogP contribution in [0.1, 0.15) is 12.0 Å². The summed E-state index contributed by atoms with van der Waals surface area (Å²) in [4.78, 5) is 20.4. The van der Waals surface area contributed by atoms with Crippen LogP contribution < -0.4 is 5.32 Å². The highest BCUT2D eigenvalue weighted by Crippen LogP contribution is 2.25. The first-order chi connectivity index (χ1) is 10.6. The van der Waals surface area contributed by atoms with Gasteiger partial charge in [0.2, 0.25) is 11.9 Å². The molecule has 0 bridgehead atoms. The number of amides is 1. The predicted octanol–water partition coefficient (Wildman–Crippen LogP) is 3.19. The molecule has 3 aromatic rings. The molecule has 0 spiro atoms. The average Bonchev–Trinajstić information content (AvgIpc) is 2.84. The van der Waals surface area contributed by atoms with Crippen molar-refractivity contribution in [3.8, 4) is 0 Å². The van der Waals surface area contributed by atoms with E-state index in [9.17, 15) is 4.79 Å². The van der Waals surface area contributed by atoms with E-state index in [4.69, 9.17) is 11.6 Å². The molecule has 1 aromatic carbocycles. The topological polar surface area (TPSA) is 59.8 Å². The van der Waals surface area contributed by atoms with Crippen molar-refractivity contribution >= 4 is 34.5 Å². The van der Waals surface area contributed by atoms with E-state index in [1.165, 1.54) is 0 Å². The van der Waals surface area contributed by atoms with E-state index in [1.807, 2.05) is 31.3 Å². The van der Waals surface area contributed by atoms with Gasteiger partial charge in [0.15, 0.2) is 0 Å². The van der Waals surface area contributed by atoms with Crippen LogP contribution in [-0.4, -0.2) is 20.4 Å². The first-order valence-corrected chi connectivity index (χ1v) is 7.32. The summed E-state index contributed by atoms with van der Waals surface area (Å²) in [5, 5.41) is 3.45. The molecule has 0 aliphatic carbocycles. The number of fused-ring (bicyclic) bond motifs is 1. The summed E-state index contributed by atoms with van der Waals surface area (Å²) >= 11 is 6.17. The fraction of sp³-hybridized carbons (Fsp3) is 0.188. The molecule has 2 heterocycles. The number of hydrogen-bond donors (Lipinski definition) is 1. The van der Waals surface area contributed by atoms with E-state index in [0.29, 0.717) is 23.8 Å². The summed E-state index contributed by atoms with van der Waals surface area (Å²) in [7, 11) is 1.83. The van der Waals surface area contributed by atoms with Gasteiger partial charge >= 0.3 is 0 Å². The minimum Gasteiger partial charge on any atom is -0.312 e. The normalized spacial score (nSPS) is 10.8. The molecule has 0 aliphatic heterocycles. The Hall–Kier alpha value is -2.40. The molecule has 0 saturated carbocycles. The van der Waals surface area contributed by atoms with Crippen molar-refractivity contribution in [1.82, 2.24) is 14.5 Å². The number of carbonyl (C=O) groups excluding carboxylic acids is 1. The second-order valence-corrected chi connectivity index (χ2v) is 5.41. The number of nitrogens with one attached hydrogen (secondary N) is 1. The Bertz CT molecular complexity index is 814. The standard InChI is InChI=1S/C16H15ClN4O/c1-21-15-12(17)3-2-4-13(15)19-16(21)20-14(22)6-5-11-7-9-18-10-8-11/h2-4,7-10H,5-6H2,1H3,(H,19,20,22). The van der Waals surface area contributed by atoms with Gasteiger partial charge in [0, 0.05) is 25.9 Å². The molecular formula is C16H15ClN4O. The Morgan fingerprint density at radius 2 is 2.05 bits per heavy atom. The van der Waals surface area contributed by atoms with Crippen LogP contribution in [-0.2, 0) is 18.3 Å². The monoisotopic (exact) mass is 314 g/mol. The molecule has 0 unspecified atom stereocenters. The molecule has 0 fully saturated rings. The molecule has 0 radical (unpaired) electrons. The number of aromatic nitrogens is 3. The number of rotatable bonds is 4. The van der Waals surface area contributed by atoms with Crippen molar-refractivity contribution in [2.75, 3.05) is 5.32 Å². The maximum Gasteiger partial charge on any atom is 0.227 e. The lowest BCUT2D eigenvalue weighted by molar-refractivity contribution is -0.116. The average molecular weight is 315 g/mol. The number of benzene rings is 1. The van der Waals surface area contributed by atoms with Gasteiger partial charge in [-0.3, -0.25) is 15.1 Å². The lowest BCUT2D eigenvalue weighted by Gasteiger charge is -2.05. The summed E-state index contributed by atoms with van der Waals surface area (Å²) in [6, 6.07) is 9.32. The van der Waals surface area contributed by atoms with E-state index in [-0.39, 0.29) is 5.91 Å². The molecule has 3 rings (SSSR count). The fourth-order valence-electron chi connectivity index (χ4n) is 2.33. The highest BCUT2D eigenvalue weighted by Gasteiger charge is 2.12. The summed E-state index contributed by atoms with van der Waals surface area (Å²) < 4.78 is 1.79. The van der Waals surface area contributed by atoms with Gasteiger partial charge in [-0.15, -0.1) is 0 Å². The van der Waals surface area contributed by atoms with Gasteiger partial charge in [-0.05, 0) is 36.2 Å². The third-order valence-corrected chi connectivity index (χ3v) is 3.79. The van der Waals surface area contributed by atoms with E-state index in [0.717, 1.165) is 16.6 Å². The zero-order valence-electron chi connectivity index (χ0n) is 12.1. The SMILES string of the molecule is Cn1c(NC(=O)CCc2ccncc2)nc2cccc(Cl)c21. The van der Waals surface area contributed by atoms with E-state index >= 15 is 0 Å². The van der Waals surface area contributed by atoms with Gasteiger partial charge in [0.1, 0.15) is 0 Å². The Labute approximate surface area is 133 Å². The number of aryl methyl sites for hydroxylation is 2. The number of imidazole rings is 1. The minimum atomic E-state index is -0.0775. The molecule has 0 saturated heterocycles. The minimum absolute atomic E-state index is 0.0775. The second-order valence-electron chi connectivity index (χ2n) is 5.01. The zero-order valence-corrected chi connectivity index (χ0v) is 12.8. The van der Waals surface area contributed by atoms with Crippen LogP contribution in [0, 0.1) is 0 Å². The summed E-state index contributed by atoms with van der Waals surface area (Å²) in [5.41, 5.74) is 2.66. The third kappa shape index (κ3) is 2.94. The number of pyridine rings is 1. The molecule has 1 N–H and O–H groups in total. The zero-order chi connectivity index (χ0) is 15.5. The first-order valence-electron chi connectivity index (χ1n) is 6.95. The Kier molecular flexibility index (Phi) is 4.06. The van der Waals surface area contributed by atoms with Crippen LogP contribution in [0.4, 0.5) is 5.95 Å². The molecule has 112 valence electrons. The van der Waals surface area contributed by atoms with Crippen LogP contribution in [0.2, 0.25) is 5.02 Å². The van der Waals surface area contributed by atoms with Crippen molar-refractivity contribution < 1.29 is 4.79 Å². The molecule has 2 aromatic heterocycles. The van der Waals surface area contributed by atoms with Crippen molar-refractivity contribution in [2.45, 2.75) is 12.8 Å². The van der Waals surface area contributed by atoms with E-state index in [1.54, 1.807) is 23.0 Å². The number of halogens is 1. The highest BCUT2D eigenvalue weighted by molar-refractivity contribution is 6.35. The van der Waals surface area contributed by atoms with Gasteiger partial charge in [0.05, 0.1) is 16.1 Å². The molecule has 0 aliphatic rings. The molecule has 5 nitrogen and oxygen atoms in total. The van der Waals surface area contributed by atoms with Crippen LogP contribution in [0.25, 0.3) is 11.0 Å². The Balaban J connectivity index is 1.72. The molecule has 1 amide bonds. The number of carbonyl (C=O) groups is 1. The molecular weight excluding hydrogens is 300 g/mol. The predicted molar refractivity (Wildman–Crippen MR) is 86.9 cm³/mol. The summed E-state index contributed by atoms with van der Waals surface area (Å²) in [5.74, 6) is 0.425. The van der Waals surface area contributed by atoms with Crippen LogP contribution in [0.15, 0.2) is 42.7 Å². The van der Waals surface area contributed by atoms with Gasteiger partial charge < -0.3 is 4.57 Å². The van der Waals surface area contributed by atoms with Crippen LogP contribution >= 0.6 is 11.6 Å². The number of hydrogen-bond acceptors (Lipinski definition) is 3. The molecule has 6 heteroatoms. The second kappa shape index (κ2) is 6.15. The van der Waals surface area contributed by atoms with Gasteiger partial charge in [0.25, 0.3) is 0 Å². The third-order valence-electron chi connectivity index (χ3n) is 3.49. The van der Waals surface area contributed by atoms with Gasteiger partial charge in [-0.2, -0.15) is 0 Å². The van der Waals surface area contributed by atoms with E-state index < -0.39 is 0 Å². The van der Waals surface area contributed by atoms with Crippen LogP contribution in [0.5, 0.6) is 0 Å². The highest BCUT2D eigenvalue weighted by atomic mass is 35.5. The maximum atomic E-state index is 12.1. The van der Waals surface area contributed by atoms with Crippen molar-refractivity contribution in [2.24, 2.45) is 7.05 Å². The first kappa shape index (κ1) is 14.5. The largest absolute Gasteiger partial charge is 0.312 e. The van der Waals surface area contributed by atoms with Gasteiger partial charge in [-0.25, -0.2) is 4.98 Å². The fourth-order valence-corrected chi connectivity index (χ4v) is 2.62. The van der Waals surface area contributed by atoms with Gasteiger partial charge in [-0.1, -0.05) is 17.7 Å². The molecule has 22 heavy (non-hydrogen) atoms. The van der Waals surface area contributed by atoms with Crippen LogP contribution in [0.3, 0.4) is 0 Å². The van der Waals surface area contributed by atoms with E-state index in [2.05, 4.69) is 15.3 Å². The maximum absolute atomic E-state index is 12.1. The number of para-hydroxylation sites is 1. The summed E-state index contributed by atoms with van der Waals surface area (Å²) in [6.07, 6.45) is 4.50. The Morgan fingerprint density at radius 1 is 1.27 bits per heavy atom. The summed E-state index contributed by atoms with van der Waals surface area (Å²) in [6.45, 7) is 0. The number of nitrogens with zero attached hydrogens (tertiary/aromatic N) is 3. The Morgan fingerprint density at radius 3 is 2.77 bits per heavy atom. The smallest absolute Gasteiger partial charge is 0.227 e.